The Balaban J connectivity index is 2.24. The van der Waals surface area contributed by atoms with E-state index in [2.05, 4.69) is 51.3 Å². The summed E-state index contributed by atoms with van der Waals surface area (Å²) in [7, 11) is 0. The maximum Gasteiger partial charge on any atom is 0.150 e. The molecule has 0 saturated carbocycles. The summed E-state index contributed by atoms with van der Waals surface area (Å²) in [6.45, 7) is 0.330. The highest BCUT2D eigenvalue weighted by atomic mass is 127. The molecule has 0 saturated heterocycles. The van der Waals surface area contributed by atoms with E-state index < -0.39 is 0 Å². The average Bonchev–Trinajstić information content (AvgIpc) is 2.46. The lowest BCUT2D eigenvalue weighted by molar-refractivity contribution is 0.112. The lowest BCUT2D eigenvalue weighted by Crippen LogP contribution is -2.01. The zero-order valence-corrected chi connectivity index (χ0v) is 14.6. The molecule has 2 rings (SSSR count). The molecule has 0 aliphatic carbocycles. The van der Waals surface area contributed by atoms with Gasteiger partial charge in [-0.15, -0.1) is 0 Å². The van der Waals surface area contributed by atoms with Crippen molar-refractivity contribution in [2.75, 3.05) is 0 Å². The van der Waals surface area contributed by atoms with E-state index in [1.54, 1.807) is 18.2 Å². The molecule has 20 heavy (non-hydrogen) atoms. The largest absolute Gasteiger partial charge is 0.487 e. The normalized spacial score (nSPS) is 9.85. The summed E-state index contributed by atoms with van der Waals surface area (Å²) >= 11 is 4.28. The van der Waals surface area contributed by atoms with Crippen LogP contribution in [0.5, 0.6) is 5.75 Å². The van der Waals surface area contributed by atoms with E-state index in [0.717, 1.165) is 24.7 Å². The Labute approximate surface area is 144 Å². The summed E-state index contributed by atoms with van der Waals surface area (Å²) in [5.41, 5.74) is 2.09. The first-order valence-electron chi connectivity index (χ1n) is 5.70. The number of aldehydes is 1. The Morgan fingerprint density at radius 2 is 1.85 bits per heavy atom. The lowest BCUT2D eigenvalue weighted by Gasteiger charge is -2.11. The highest BCUT2D eigenvalue weighted by Gasteiger charge is 2.10. The molecular formula is C15H9I2NO2. The quantitative estimate of drug-likeness (QED) is 0.479. The number of nitriles is 1. The third kappa shape index (κ3) is 3.49. The van der Waals surface area contributed by atoms with Crippen molar-refractivity contribution in [1.29, 1.82) is 5.26 Å². The zero-order valence-electron chi connectivity index (χ0n) is 10.3. The van der Waals surface area contributed by atoms with Crippen molar-refractivity contribution in [2.45, 2.75) is 6.61 Å². The van der Waals surface area contributed by atoms with Crippen LogP contribution in [-0.2, 0) is 6.61 Å². The fourth-order valence-electron chi connectivity index (χ4n) is 1.69. The third-order valence-electron chi connectivity index (χ3n) is 2.67. The van der Waals surface area contributed by atoms with Crippen molar-refractivity contribution in [2.24, 2.45) is 0 Å². The minimum atomic E-state index is 0.330. The van der Waals surface area contributed by atoms with Gasteiger partial charge in [0.2, 0.25) is 0 Å². The Morgan fingerprint density at radius 1 is 1.20 bits per heavy atom. The number of benzene rings is 2. The Bertz CT molecular complexity index is 670. The van der Waals surface area contributed by atoms with Crippen molar-refractivity contribution in [3.8, 4) is 11.8 Å². The standard InChI is InChI=1S/C15H9I2NO2/c16-13-5-10(8-19)6-14(17)15(13)20-9-12-4-2-1-3-11(12)7-18/h1-6,8H,9H2. The molecule has 100 valence electrons. The van der Waals surface area contributed by atoms with Gasteiger partial charge in [0.15, 0.2) is 0 Å². The number of carbonyl (C=O) groups is 1. The number of rotatable bonds is 4. The first-order chi connectivity index (χ1) is 9.65. The fraction of sp³-hybridized carbons (Fsp3) is 0.0667. The molecule has 0 heterocycles. The van der Waals surface area contributed by atoms with E-state index in [9.17, 15) is 4.79 Å². The van der Waals surface area contributed by atoms with Gasteiger partial charge in [-0.1, -0.05) is 18.2 Å². The minimum absolute atomic E-state index is 0.330. The summed E-state index contributed by atoms with van der Waals surface area (Å²) in [4.78, 5) is 10.8. The van der Waals surface area contributed by atoms with Gasteiger partial charge in [-0.05, 0) is 63.4 Å². The Morgan fingerprint density at radius 3 is 2.45 bits per heavy atom. The van der Waals surface area contributed by atoms with Crippen LogP contribution >= 0.6 is 45.2 Å². The van der Waals surface area contributed by atoms with E-state index in [-0.39, 0.29) is 0 Å². The van der Waals surface area contributed by atoms with E-state index >= 15 is 0 Å². The van der Waals surface area contributed by atoms with E-state index in [1.165, 1.54) is 0 Å². The number of carbonyl (C=O) groups excluding carboxylic acids is 1. The molecule has 0 radical (unpaired) electrons. The molecule has 0 unspecified atom stereocenters. The molecular weight excluding hydrogens is 480 g/mol. The first kappa shape index (κ1) is 15.3. The van der Waals surface area contributed by atoms with Crippen molar-refractivity contribution < 1.29 is 9.53 Å². The molecule has 0 amide bonds. The monoisotopic (exact) mass is 489 g/mol. The van der Waals surface area contributed by atoms with Gasteiger partial charge in [0.05, 0.1) is 18.8 Å². The van der Waals surface area contributed by atoms with Gasteiger partial charge in [0, 0.05) is 11.1 Å². The highest BCUT2D eigenvalue weighted by molar-refractivity contribution is 14.1. The summed E-state index contributed by atoms with van der Waals surface area (Å²) in [6.07, 6.45) is 0.819. The molecule has 0 N–H and O–H groups in total. The molecule has 0 spiro atoms. The highest BCUT2D eigenvalue weighted by Crippen LogP contribution is 2.29. The van der Waals surface area contributed by atoms with Crippen LogP contribution in [0.1, 0.15) is 21.5 Å². The number of nitrogens with zero attached hydrogens (tertiary/aromatic N) is 1. The van der Waals surface area contributed by atoms with Crippen LogP contribution in [-0.4, -0.2) is 6.29 Å². The molecule has 2 aromatic rings. The van der Waals surface area contributed by atoms with Gasteiger partial charge in [-0.25, -0.2) is 0 Å². The van der Waals surface area contributed by atoms with Gasteiger partial charge in [0.1, 0.15) is 18.6 Å². The second-order valence-corrected chi connectivity index (χ2v) is 6.31. The topological polar surface area (TPSA) is 50.1 Å². The predicted octanol–water partition coefficient (Wildman–Crippen LogP) is 4.16. The number of hydrogen-bond acceptors (Lipinski definition) is 3. The van der Waals surface area contributed by atoms with Gasteiger partial charge >= 0.3 is 0 Å². The van der Waals surface area contributed by atoms with Gasteiger partial charge in [-0.3, -0.25) is 4.79 Å². The van der Waals surface area contributed by atoms with Crippen LogP contribution in [0.25, 0.3) is 0 Å². The number of hydrogen-bond donors (Lipinski definition) is 0. The second-order valence-electron chi connectivity index (χ2n) is 3.99. The van der Waals surface area contributed by atoms with E-state index in [1.807, 2.05) is 18.2 Å². The van der Waals surface area contributed by atoms with E-state index in [4.69, 9.17) is 10.00 Å². The van der Waals surface area contributed by atoms with Crippen molar-refractivity contribution >= 4 is 51.5 Å². The Hall–Kier alpha value is -1.14. The molecule has 2 aromatic carbocycles. The zero-order chi connectivity index (χ0) is 14.5. The summed E-state index contributed by atoms with van der Waals surface area (Å²) in [6, 6.07) is 13.1. The molecule has 0 aromatic heterocycles. The average molecular weight is 489 g/mol. The van der Waals surface area contributed by atoms with Gasteiger partial charge in [0.25, 0.3) is 0 Å². The fourth-order valence-corrected chi connectivity index (χ4v) is 3.82. The molecule has 0 atom stereocenters. The van der Waals surface area contributed by atoms with Crippen LogP contribution in [0.2, 0.25) is 0 Å². The molecule has 0 fully saturated rings. The SMILES string of the molecule is N#Cc1ccccc1COc1c(I)cc(C=O)cc1I. The molecule has 0 aliphatic rings. The number of halogens is 2. The van der Waals surface area contributed by atoms with Crippen LogP contribution < -0.4 is 4.74 Å². The predicted molar refractivity (Wildman–Crippen MR) is 92.8 cm³/mol. The summed E-state index contributed by atoms with van der Waals surface area (Å²) < 4.78 is 7.57. The molecule has 0 bridgehead atoms. The van der Waals surface area contributed by atoms with E-state index in [0.29, 0.717) is 17.7 Å². The smallest absolute Gasteiger partial charge is 0.150 e. The van der Waals surface area contributed by atoms with Crippen molar-refractivity contribution in [1.82, 2.24) is 0 Å². The summed E-state index contributed by atoms with van der Waals surface area (Å²) in [5.74, 6) is 0.740. The first-order valence-corrected chi connectivity index (χ1v) is 7.86. The van der Waals surface area contributed by atoms with Gasteiger partial charge < -0.3 is 4.74 Å². The lowest BCUT2D eigenvalue weighted by atomic mass is 10.1. The maximum absolute atomic E-state index is 10.8. The third-order valence-corrected chi connectivity index (χ3v) is 4.27. The number of ether oxygens (including phenoxy) is 1. The van der Waals surface area contributed by atoms with Crippen LogP contribution in [0.15, 0.2) is 36.4 Å². The summed E-state index contributed by atoms with van der Waals surface area (Å²) in [5, 5.41) is 9.05. The van der Waals surface area contributed by atoms with Crippen molar-refractivity contribution in [3.63, 3.8) is 0 Å². The molecule has 0 aliphatic heterocycles. The van der Waals surface area contributed by atoms with Crippen molar-refractivity contribution in [3.05, 3.63) is 60.2 Å². The van der Waals surface area contributed by atoms with Crippen LogP contribution in [0.3, 0.4) is 0 Å². The Kier molecular flexibility index (Phi) is 5.37. The minimum Gasteiger partial charge on any atom is -0.487 e. The second kappa shape index (κ2) is 7.04. The van der Waals surface area contributed by atoms with Crippen LogP contribution in [0, 0.1) is 18.5 Å². The van der Waals surface area contributed by atoms with Crippen LogP contribution in [0.4, 0.5) is 0 Å². The van der Waals surface area contributed by atoms with Gasteiger partial charge in [-0.2, -0.15) is 5.26 Å². The molecule has 5 heteroatoms. The molecule has 3 nitrogen and oxygen atoms in total. The maximum atomic E-state index is 10.8.